The molecular formula is C14H20FN. The lowest BCUT2D eigenvalue weighted by atomic mass is 10.0. The number of rotatable bonds is 5. The largest absolute Gasteiger partial charge is 0.307 e. The smallest absolute Gasteiger partial charge is 0.123 e. The van der Waals surface area contributed by atoms with E-state index in [1.807, 2.05) is 6.07 Å². The monoisotopic (exact) mass is 221 g/mol. The molecule has 88 valence electrons. The van der Waals surface area contributed by atoms with E-state index in [1.54, 1.807) is 12.1 Å². The first kappa shape index (κ1) is 11.6. The number of nitrogens with one attached hydrogen (secondary N) is 1. The maximum Gasteiger partial charge on any atom is 0.123 e. The molecule has 16 heavy (non-hydrogen) atoms. The van der Waals surface area contributed by atoms with Crippen LogP contribution in [0.5, 0.6) is 0 Å². The highest BCUT2D eigenvalue weighted by Crippen LogP contribution is 2.33. The van der Waals surface area contributed by atoms with Gasteiger partial charge in [-0.15, -0.1) is 0 Å². The van der Waals surface area contributed by atoms with Crippen molar-refractivity contribution >= 4 is 0 Å². The van der Waals surface area contributed by atoms with Gasteiger partial charge in [0.2, 0.25) is 0 Å². The van der Waals surface area contributed by atoms with E-state index in [9.17, 15) is 4.39 Å². The molecule has 1 N–H and O–H groups in total. The van der Waals surface area contributed by atoms with Crippen LogP contribution in [0.4, 0.5) is 4.39 Å². The van der Waals surface area contributed by atoms with Gasteiger partial charge in [-0.2, -0.15) is 0 Å². The molecule has 2 heteroatoms. The maximum atomic E-state index is 13.1. The van der Waals surface area contributed by atoms with Gasteiger partial charge < -0.3 is 5.32 Å². The number of halogens is 1. The number of hydrogen-bond acceptors (Lipinski definition) is 1. The molecule has 1 aliphatic carbocycles. The molecule has 1 saturated carbocycles. The molecule has 2 rings (SSSR count). The van der Waals surface area contributed by atoms with Crippen molar-refractivity contribution in [1.29, 1.82) is 0 Å². The summed E-state index contributed by atoms with van der Waals surface area (Å²) in [7, 11) is 0. The summed E-state index contributed by atoms with van der Waals surface area (Å²) in [6.07, 6.45) is 3.68. The highest BCUT2D eigenvalue weighted by Gasteiger charge is 2.29. The zero-order valence-electron chi connectivity index (χ0n) is 10.0. The van der Waals surface area contributed by atoms with Crippen LogP contribution in [-0.4, -0.2) is 6.04 Å². The molecule has 0 radical (unpaired) electrons. The van der Waals surface area contributed by atoms with Crippen LogP contribution in [0.15, 0.2) is 24.3 Å². The summed E-state index contributed by atoms with van der Waals surface area (Å²) in [4.78, 5) is 0. The molecule has 0 heterocycles. The van der Waals surface area contributed by atoms with Crippen LogP contribution < -0.4 is 5.32 Å². The molecule has 2 unspecified atom stereocenters. The Hall–Kier alpha value is -0.890. The van der Waals surface area contributed by atoms with E-state index < -0.39 is 0 Å². The third-order valence-electron chi connectivity index (χ3n) is 3.45. The fraction of sp³-hybridized carbons (Fsp3) is 0.571. The lowest BCUT2D eigenvalue weighted by molar-refractivity contribution is 0.413. The second kappa shape index (κ2) is 4.96. The summed E-state index contributed by atoms with van der Waals surface area (Å²) in [6, 6.07) is 7.77. The SMILES string of the molecule is CCC(NC(C)C1CC1)c1cccc(F)c1. The average molecular weight is 221 g/mol. The van der Waals surface area contributed by atoms with Gasteiger partial charge in [-0.25, -0.2) is 4.39 Å². The molecule has 0 aromatic heterocycles. The summed E-state index contributed by atoms with van der Waals surface area (Å²) in [6.45, 7) is 4.38. The maximum absolute atomic E-state index is 13.1. The Morgan fingerprint density at radius 3 is 2.75 bits per heavy atom. The van der Waals surface area contributed by atoms with Gasteiger partial charge in [0.15, 0.2) is 0 Å². The molecule has 2 atom stereocenters. The van der Waals surface area contributed by atoms with Crippen molar-refractivity contribution in [2.75, 3.05) is 0 Å². The number of benzene rings is 1. The number of hydrogen-bond donors (Lipinski definition) is 1. The molecule has 1 nitrogen and oxygen atoms in total. The van der Waals surface area contributed by atoms with E-state index in [0.29, 0.717) is 6.04 Å². The Morgan fingerprint density at radius 2 is 2.19 bits per heavy atom. The minimum Gasteiger partial charge on any atom is -0.307 e. The van der Waals surface area contributed by atoms with Crippen LogP contribution in [0.2, 0.25) is 0 Å². The van der Waals surface area contributed by atoms with Gasteiger partial charge in [0, 0.05) is 12.1 Å². The zero-order chi connectivity index (χ0) is 11.5. The molecule has 0 bridgehead atoms. The van der Waals surface area contributed by atoms with Crippen molar-refractivity contribution in [2.24, 2.45) is 5.92 Å². The molecular weight excluding hydrogens is 201 g/mol. The Morgan fingerprint density at radius 1 is 1.44 bits per heavy atom. The first-order valence-electron chi connectivity index (χ1n) is 6.22. The predicted octanol–water partition coefficient (Wildman–Crippen LogP) is 3.66. The minimum absolute atomic E-state index is 0.142. The van der Waals surface area contributed by atoms with Gasteiger partial charge in [0.05, 0.1) is 0 Å². The van der Waals surface area contributed by atoms with Crippen molar-refractivity contribution in [3.8, 4) is 0 Å². The molecule has 1 aromatic carbocycles. The molecule has 0 amide bonds. The van der Waals surface area contributed by atoms with E-state index >= 15 is 0 Å². The van der Waals surface area contributed by atoms with Crippen molar-refractivity contribution in [3.05, 3.63) is 35.6 Å². The third kappa shape index (κ3) is 2.82. The molecule has 0 spiro atoms. The summed E-state index contributed by atoms with van der Waals surface area (Å²) in [5.74, 6) is 0.694. The van der Waals surface area contributed by atoms with Gasteiger partial charge in [0.1, 0.15) is 5.82 Å². The fourth-order valence-electron chi connectivity index (χ4n) is 2.22. The molecule has 0 saturated heterocycles. The molecule has 1 aliphatic rings. The van der Waals surface area contributed by atoms with Crippen LogP contribution in [0.1, 0.15) is 44.7 Å². The van der Waals surface area contributed by atoms with E-state index in [0.717, 1.165) is 17.9 Å². The van der Waals surface area contributed by atoms with Gasteiger partial charge >= 0.3 is 0 Å². The minimum atomic E-state index is -0.142. The first-order chi connectivity index (χ1) is 7.70. The Bertz CT molecular complexity index is 346. The van der Waals surface area contributed by atoms with Crippen molar-refractivity contribution in [2.45, 2.75) is 45.2 Å². The molecule has 1 fully saturated rings. The van der Waals surface area contributed by atoms with Crippen molar-refractivity contribution < 1.29 is 4.39 Å². The van der Waals surface area contributed by atoms with Gasteiger partial charge in [-0.1, -0.05) is 19.1 Å². The standard InChI is InChI=1S/C14H20FN/c1-3-14(16-10(2)11-7-8-11)12-5-4-6-13(15)9-12/h4-6,9-11,14,16H,3,7-8H2,1-2H3. The quantitative estimate of drug-likeness (QED) is 0.800. The fourth-order valence-corrected chi connectivity index (χ4v) is 2.22. The average Bonchev–Trinajstić information content (AvgIpc) is 3.09. The van der Waals surface area contributed by atoms with Crippen LogP contribution in [0.3, 0.4) is 0 Å². The Labute approximate surface area is 97.1 Å². The van der Waals surface area contributed by atoms with Gasteiger partial charge in [-0.3, -0.25) is 0 Å². The van der Waals surface area contributed by atoms with E-state index in [1.165, 1.54) is 18.9 Å². The van der Waals surface area contributed by atoms with Crippen LogP contribution in [0, 0.1) is 11.7 Å². The Balaban J connectivity index is 2.03. The molecule has 0 aliphatic heterocycles. The van der Waals surface area contributed by atoms with Crippen LogP contribution in [-0.2, 0) is 0 Å². The van der Waals surface area contributed by atoms with Gasteiger partial charge in [-0.05, 0) is 49.8 Å². The zero-order valence-corrected chi connectivity index (χ0v) is 10.0. The van der Waals surface area contributed by atoms with Crippen LogP contribution >= 0.6 is 0 Å². The van der Waals surface area contributed by atoms with Crippen LogP contribution in [0.25, 0.3) is 0 Å². The van der Waals surface area contributed by atoms with E-state index in [-0.39, 0.29) is 11.9 Å². The summed E-state index contributed by atoms with van der Waals surface area (Å²) < 4.78 is 13.1. The summed E-state index contributed by atoms with van der Waals surface area (Å²) in [5.41, 5.74) is 1.06. The van der Waals surface area contributed by atoms with Crippen molar-refractivity contribution in [3.63, 3.8) is 0 Å². The van der Waals surface area contributed by atoms with Crippen molar-refractivity contribution in [1.82, 2.24) is 5.32 Å². The van der Waals surface area contributed by atoms with Gasteiger partial charge in [0.25, 0.3) is 0 Å². The van der Waals surface area contributed by atoms with E-state index in [2.05, 4.69) is 19.2 Å². The van der Waals surface area contributed by atoms with E-state index in [4.69, 9.17) is 0 Å². The molecule has 1 aromatic rings. The third-order valence-corrected chi connectivity index (χ3v) is 3.45. The summed E-state index contributed by atoms with van der Waals surface area (Å²) in [5, 5.41) is 3.61. The second-order valence-corrected chi connectivity index (χ2v) is 4.81. The Kier molecular flexibility index (Phi) is 3.59. The lowest BCUT2D eigenvalue weighted by Crippen LogP contribution is -2.31. The predicted molar refractivity (Wildman–Crippen MR) is 64.8 cm³/mol. The highest BCUT2D eigenvalue weighted by atomic mass is 19.1. The first-order valence-corrected chi connectivity index (χ1v) is 6.22. The normalized spacial score (nSPS) is 19.4. The summed E-state index contributed by atoms with van der Waals surface area (Å²) >= 11 is 0. The second-order valence-electron chi connectivity index (χ2n) is 4.81. The highest BCUT2D eigenvalue weighted by molar-refractivity contribution is 5.20. The lowest BCUT2D eigenvalue weighted by Gasteiger charge is -2.22. The topological polar surface area (TPSA) is 12.0 Å².